The average Bonchev–Trinajstić information content (AvgIpc) is 2.49. The van der Waals surface area contributed by atoms with Crippen molar-refractivity contribution in [2.24, 2.45) is 0 Å². The molecule has 0 saturated carbocycles. The van der Waals surface area contributed by atoms with E-state index in [9.17, 15) is 4.79 Å². The molecule has 0 heterocycles. The number of benzene rings is 2. The molecule has 4 nitrogen and oxygen atoms in total. The number of nitriles is 1. The second-order valence-corrected chi connectivity index (χ2v) is 5.45. The van der Waals surface area contributed by atoms with Gasteiger partial charge in [0.2, 0.25) is 0 Å². The van der Waals surface area contributed by atoms with Gasteiger partial charge < -0.3 is 10.6 Å². The number of halogens is 1. The second kappa shape index (κ2) is 6.91. The molecule has 0 unspecified atom stereocenters. The first-order chi connectivity index (χ1) is 10.1. The van der Waals surface area contributed by atoms with Crippen molar-refractivity contribution in [3.8, 4) is 6.07 Å². The lowest BCUT2D eigenvalue weighted by atomic mass is 10.1. The fourth-order valence-corrected chi connectivity index (χ4v) is 2.33. The number of carbonyl (C=O) groups is 1. The maximum atomic E-state index is 12.6. The van der Waals surface area contributed by atoms with Gasteiger partial charge in [-0.05, 0) is 23.8 Å². The van der Waals surface area contributed by atoms with Crippen LogP contribution in [0.3, 0.4) is 0 Å². The number of carbonyl (C=O) groups excluding carboxylic acids is 1. The quantitative estimate of drug-likeness (QED) is 0.684. The van der Waals surface area contributed by atoms with E-state index in [2.05, 4.69) is 15.9 Å². The van der Waals surface area contributed by atoms with E-state index in [4.69, 9.17) is 11.0 Å². The summed E-state index contributed by atoms with van der Waals surface area (Å²) < 4.78 is 0.775. The molecular weight excluding hydrogens is 330 g/mol. The summed E-state index contributed by atoms with van der Waals surface area (Å²) in [4.78, 5) is 14.1. The molecule has 0 spiro atoms. The van der Waals surface area contributed by atoms with Crippen molar-refractivity contribution in [3.63, 3.8) is 0 Å². The average molecular weight is 344 g/mol. The third-order valence-electron chi connectivity index (χ3n) is 3.01. The van der Waals surface area contributed by atoms with Crippen molar-refractivity contribution >= 4 is 27.5 Å². The van der Waals surface area contributed by atoms with Crippen LogP contribution < -0.4 is 5.73 Å². The SMILES string of the molecule is N#CCN(Cc1ccccc1)C(=O)c1cc(Br)ccc1N. The molecule has 0 fully saturated rings. The zero-order valence-corrected chi connectivity index (χ0v) is 12.9. The first kappa shape index (κ1) is 15.1. The Morgan fingerprint density at radius 2 is 1.95 bits per heavy atom. The lowest BCUT2D eigenvalue weighted by molar-refractivity contribution is 0.0766. The fourth-order valence-electron chi connectivity index (χ4n) is 1.97. The summed E-state index contributed by atoms with van der Waals surface area (Å²) in [5, 5.41) is 8.95. The van der Waals surface area contributed by atoms with Crippen LogP contribution in [0.5, 0.6) is 0 Å². The van der Waals surface area contributed by atoms with Gasteiger partial charge in [-0.1, -0.05) is 46.3 Å². The van der Waals surface area contributed by atoms with Gasteiger partial charge >= 0.3 is 0 Å². The Morgan fingerprint density at radius 1 is 1.24 bits per heavy atom. The molecule has 0 bridgehead atoms. The van der Waals surface area contributed by atoms with Crippen LogP contribution in [0.2, 0.25) is 0 Å². The molecule has 0 aromatic heterocycles. The Morgan fingerprint density at radius 3 is 2.62 bits per heavy atom. The monoisotopic (exact) mass is 343 g/mol. The number of rotatable bonds is 4. The second-order valence-electron chi connectivity index (χ2n) is 4.54. The number of nitrogens with two attached hydrogens (primary N) is 1. The molecule has 106 valence electrons. The molecule has 5 heteroatoms. The maximum absolute atomic E-state index is 12.6. The predicted molar refractivity (Wildman–Crippen MR) is 85.3 cm³/mol. The first-order valence-electron chi connectivity index (χ1n) is 6.37. The van der Waals surface area contributed by atoms with Crippen LogP contribution in [0.15, 0.2) is 53.0 Å². The molecule has 0 saturated heterocycles. The van der Waals surface area contributed by atoms with Crippen molar-refractivity contribution in [2.45, 2.75) is 6.54 Å². The van der Waals surface area contributed by atoms with Gasteiger partial charge in [0.25, 0.3) is 5.91 Å². The normalized spacial score (nSPS) is 9.90. The van der Waals surface area contributed by atoms with Crippen LogP contribution in [0, 0.1) is 11.3 Å². The van der Waals surface area contributed by atoms with Gasteiger partial charge in [0.05, 0.1) is 11.6 Å². The smallest absolute Gasteiger partial charge is 0.257 e. The molecular formula is C16H14BrN3O. The van der Waals surface area contributed by atoms with Gasteiger partial charge in [0, 0.05) is 16.7 Å². The lowest BCUT2D eigenvalue weighted by Gasteiger charge is -2.20. The van der Waals surface area contributed by atoms with Gasteiger partial charge in [-0.25, -0.2) is 0 Å². The Labute approximate surface area is 131 Å². The van der Waals surface area contributed by atoms with E-state index in [1.165, 1.54) is 4.90 Å². The van der Waals surface area contributed by atoms with Crippen LogP contribution >= 0.6 is 15.9 Å². The molecule has 1 amide bonds. The van der Waals surface area contributed by atoms with Gasteiger partial charge in [0.1, 0.15) is 6.54 Å². The highest BCUT2D eigenvalue weighted by Gasteiger charge is 2.18. The number of hydrogen-bond donors (Lipinski definition) is 1. The zero-order chi connectivity index (χ0) is 15.2. The summed E-state index contributed by atoms with van der Waals surface area (Å²) in [6, 6.07) is 16.7. The Balaban J connectivity index is 2.27. The van der Waals surface area contributed by atoms with Crippen LogP contribution in [-0.2, 0) is 6.54 Å². The summed E-state index contributed by atoms with van der Waals surface area (Å²) in [6.07, 6.45) is 0. The first-order valence-corrected chi connectivity index (χ1v) is 7.16. The zero-order valence-electron chi connectivity index (χ0n) is 11.3. The number of anilines is 1. The molecule has 0 radical (unpaired) electrons. The highest BCUT2D eigenvalue weighted by Crippen LogP contribution is 2.21. The van der Waals surface area contributed by atoms with Gasteiger partial charge in [0.15, 0.2) is 0 Å². The highest BCUT2D eigenvalue weighted by atomic mass is 79.9. The van der Waals surface area contributed by atoms with Crippen LogP contribution in [-0.4, -0.2) is 17.4 Å². The van der Waals surface area contributed by atoms with Gasteiger partial charge in [-0.15, -0.1) is 0 Å². The molecule has 2 rings (SSSR count). The van der Waals surface area contributed by atoms with Crippen molar-refractivity contribution in [3.05, 3.63) is 64.1 Å². The third-order valence-corrected chi connectivity index (χ3v) is 3.50. The van der Waals surface area contributed by atoms with Gasteiger partial charge in [-0.3, -0.25) is 4.79 Å². The molecule has 2 N–H and O–H groups in total. The molecule has 2 aromatic rings. The predicted octanol–water partition coefficient (Wildman–Crippen LogP) is 3.20. The molecule has 0 aliphatic heterocycles. The van der Waals surface area contributed by atoms with Crippen molar-refractivity contribution in [2.75, 3.05) is 12.3 Å². The highest BCUT2D eigenvalue weighted by molar-refractivity contribution is 9.10. The van der Waals surface area contributed by atoms with E-state index in [-0.39, 0.29) is 12.5 Å². The van der Waals surface area contributed by atoms with Crippen LogP contribution in [0.4, 0.5) is 5.69 Å². The minimum absolute atomic E-state index is 0.0136. The van der Waals surface area contributed by atoms with Crippen molar-refractivity contribution in [1.29, 1.82) is 5.26 Å². The lowest BCUT2D eigenvalue weighted by Crippen LogP contribution is -2.31. The minimum atomic E-state index is -0.251. The number of nitrogen functional groups attached to an aromatic ring is 1. The van der Waals surface area contributed by atoms with E-state index in [1.807, 2.05) is 36.4 Å². The topological polar surface area (TPSA) is 70.1 Å². The largest absolute Gasteiger partial charge is 0.398 e. The van der Waals surface area contributed by atoms with E-state index in [1.54, 1.807) is 18.2 Å². The molecule has 0 aliphatic rings. The molecule has 21 heavy (non-hydrogen) atoms. The van der Waals surface area contributed by atoms with E-state index >= 15 is 0 Å². The van der Waals surface area contributed by atoms with E-state index in [0.717, 1.165) is 10.0 Å². The summed E-state index contributed by atoms with van der Waals surface area (Å²) in [5.41, 5.74) is 7.63. The Hall–Kier alpha value is -2.32. The van der Waals surface area contributed by atoms with E-state index < -0.39 is 0 Å². The maximum Gasteiger partial charge on any atom is 0.257 e. The van der Waals surface area contributed by atoms with Crippen molar-refractivity contribution in [1.82, 2.24) is 4.90 Å². The van der Waals surface area contributed by atoms with Crippen LogP contribution in [0.1, 0.15) is 15.9 Å². The fraction of sp³-hybridized carbons (Fsp3) is 0.125. The number of amides is 1. The third kappa shape index (κ3) is 3.83. The van der Waals surface area contributed by atoms with E-state index in [0.29, 0.717) is 17.8 Å². The molecule has 0 aliphatic carbocycles. The number of nitrogens with zero attached hydrogens (tertiary/aromatic N) is 2. The number of hydrogen-bond acceptors (Lipinski definition) is 3. The Bertz CT molecular complexity index is 680. The summed E-state index contributed by atoms with van der Waals surface area (Å²) >= 11 is 3.33. The summed E-state index contributed by atoms with van der Waals surface area (Å²) in [5.74, 6) is -0.251. The Kier molecular flexibility index (Phi) is 4.96. The standard InChI is InChI=1S/C16H14BrN3O/c17-13-6-7-15(19)14(10-13)16(21)20(9-8-18)11-12-4-2-1-3-5-12/h1-7,10H,9,11,19H2. The molecule has 0 atom stereocenters. The minimum Gasteiger partial charge on any atom is -0.398 e. The van der Waals surface area contributed by atoms with Crippen LogP contribution in [0.25, 0.3) is 0 Å². The summed E-state index contributed by atoms with van der Waals surface area (Å²) in [6.45, 7) is 0.388. The molecule has 2 aromatic carbocycles. The van der Waals surface area contributed by atoms with Gasteiger partial charge in [-0.2, -0.15) is 5.26 Å². The van der Waals surface area contributed by atoms with Crippen molar-refractivity contribution < 1.29 is 4.79 Å². The summed E-state index contributed by atoms with van der Waals surface area (Å²) in [7, 11) is 0.